The maximum atomic E-state index is 5.13. The van der Waals surface area contributed by atoms with Crippen LogP contribution in [0.3, 0.4) is 0 Å². The molecule has 1 aromatic rings. The Balaban J connectivity index is 1.74. The van der Waals surface area contributed by atoms with Crippen LogP contribution in [-0.2, 0) is 6.54 Å². The number of pyridine rings is 1. The molecule has 2 heterocycles. The van der Waals surface area contributed by atoms with Crippen molar-refractivity contribution in [1.29, 1.82) is 0 Å². The van der Waals surface area contributed by atoms with E-state index in [0.29, 0.717) is 18.0 Å². The Bertz CT molecular complexity index is 377. The molecule has 0 aromatic carbocycles. The molecule has 1 aromatic heterocycles. The maximum Gasteiger partial charge on any atom is 0.213 e. The van der Waals surface area contributed by atoms with Gasteiger partial charge in [0, 0.05) is 30.9 Å². The molecule has 4 heteroatoms. The number of ether oxygens (including phenoxy) is 1. The van der Waals surface area contributed by atoms with Crippen LogP contribution in [0.25, 0.3) is 0 Å². The van der Waals surface area contributed by atoms with Crippen molar-refractivity contribution >= 4 is 0 Å². The minimum atomic E-state index is 0.523. The van der Waals surface area contributed by atoms with E-state index in [4.69, 9.17) is 4.74 Å². The Morgan fingerprint density at radius 1 is 1.53 bits per heavy atom. The Kier molecular flexibility index (Phi) is 5.61. The summed E-state index contributed by atoms with van der Waals surface area (Å²) in [6.45, 7) is 4.31. The predicted molar refractivity (Wildman–Crippen MR) is 77.3 cm³/mol. The third kappa shape index (κ3) is 4.80. The lowest BCUT2D eigenvalue weighted by atomic mass is 9.99. The second kappa shape index (κ2) is 7.46. The molecule has 19 heavy (non-hydrogen) atoms. The zero-order valence-corrected chi connectivity index (χ0v) is 12.0. The van der Waals surface area contributed by atoms with Crippen molar-refractivity contribution in [3.05, 3.63) is 23.9 Å². The molecule has 0 bridgehead atoms. The van der Waals surface area contributed by atoms with E-state index in [1.807, 2.05) is 12.1 Å². The summed E-state index contributed by atoms with van der Waals surface area (Å²) in [4.78, 5) is 4.12. The Labute approximate surface area is 116 Å². The number of methoxy groups -OCH3 is 1. The fourth-order valence-corrected chi connectivity index (χ4v) is 2.60. The molecule has 1 saturated heterocycles. The first-order chi connectivity index (χ1) is 9.28. The highest BCUT2D eigenvalue weighted by atomic mass is 16.5. The lowest BCUT2D eigenvalue weighted by Gasteiger charge is -2.26. The van der Waals surface area contributed by atoms with Crippen molar-refractivity contribution < 1.29 is 4.74 Å². The van der Waals surface area contributed by atoms with Crippen LogP contribution in [0.5, 0.6) is 5.88 Å². The van der Waals surface area contributed by atoms with E-state index in [0.717, 1.165) is 6.54 Å². The summed E-state index contributed by atoms with van der Waals surface area (Å²) in [5, 5.41) is 7.17. The molecule has 0 radical (unpaired) electrons. The first kappa shape index (κ1) is 14.3. The van der Waals surface area contributed by atoms with Gasteiger partial charge in [-0.25, -0.2) is 4.98 Å². The quantitative estimate of drug-likeness (QED) is 0.825. The van der Waals surface area contributed by atoms with Crippen molar-refractivity contribution in [3.63, 3.8) is 0 Å². The maximum absolute atomic E-state index is 5.13. The molecule has 106 valence electrons. The van der Waals surface area contributed by atoms with Crippen molar-refractivity contribution in [1.82, 2.24) is 15.6 Å². The van der Waals surface area contributed by atoms with Gasteiger partial charge in [-0.2, -0.15) is 0 Å². The number of piperidine rings is 1. The average Bonchev–Trinajstić information content (AvgIpc) is 2.46. The number of rotatable bonds is 6. The summed E-state index contributed by atoms with van der Waals surface area (Å²) in [5.74, 6) is 0.681. The molecule has 0 aliphatic carbocycles. The van der Waals surface area contributed by atoms with Gasteiger partial charge in [-0.05, 0) is 44.4 Å². The zero-order chi connectivity index (χ0) is 13.5. The van der Waals surface area contributed by atoms with Crippen molar-refractivity contribution in [2.45, 2.75) is 51.2 Å². The monoisotopic (exact) mass is 263 g/mol. The largest absolute Gasteiger partial charge is 0.481 e. The molecule has 1 aliphatic heterocycles. The highest BCUT2D eigenvalue weighted by molar-refractivity contribution is 5.20. The summed E-state index contributed by atoms with van der Waals surface area (Å²) in [6, 6.07) is 5.22. The molecule has 2 N–H and O–H groups in total. The van der Waals surface area contributed by atoms with Crippen LogP contribution in [0, 0.1) is 0 Å². The smallest absolute Gasteiger partial charge is 0.213 e. The van der Waals surface area contributed by atoms with Gasteiger partial charge < -0.3 is 15.4 Å². The Morgan fingerprint density at radius 3 is 3.16 bits per heavy atom. The molecular weight excluding hydrogens is 238 g/mol. The predicted octanol–water partition coefficient (Wildman–Crippen LogP) is 2.10. The van der Waals surface area contributed by atoms with E-state index >= 15 is 0 Å². The number of nitrogens with one attached hydrogen (secondary N) is 2. The van der Waals surface area contributed by atoms with Crippen LogP contribution in [-0.4, -0.2) is 30.7 Å². The van der Waals surface area contributed by atoms with E-state index < -0.39 is 0 Å². The zero-order valence-electron chi connectivity index (χ0n) is 12.0. The highest BCUT2D eigenvalue weighted by Gasteiger charge is 2.15. The lowest BCUT2D eigenvalue weighted by Crippen LogP contribution is -2.39. The van der Waals surface area contributed by atoms with Gasteiger partial charge >= 0.3 is 0 Å². The summed E-state index contributed by atoms with van der Waals surface area (Å²) in [6.07, 6.45) is 7.00. The van der Waals surface area contributed by atoms with E-state index in [9.17, 15) is 0 Å². The standard InChI is InChI=1S/C15H25N3O/c1-12(9-14-5-3-4-7-16-14)18-11-13-6-8-17-15(10-13)19-2/h6,8,10,12,14,16,18H,3-5,7,9,11H2,1-2H3. The van der Waals surface area contributed by atoms with Crippen LogP contribution in [0.2, 0.25) is 0 Å². The van der Waals surface area contributed by atoms with Crippen LogP contribution >= 0.6 is 0 Å². The normalized spacial score (nSPS) is 21.1. The lowest BCUT2D eigenvalue weighted by molar-refractivity contribution is 0.344. The molecule has 2 rings (SSSR count). The number of aromatic nitrogens is 1. The summed E-state index contributed by atoms with van der Waals surface area (Å²) >= 11 is 0. The fraction of sp³-hybridized carbons (Fsp3) is 0.667. The first-order valence-corrected chi connectivity index (χ1v) is 7.23. The van der Waals surface area contributed by atoms with E-state index in [1.165, 1.54) is 37.8 Å². The second-order valence-electron chi connectivity index (χ2n) is 5.37. The molecule has 0 saturated carbocycles. The summed E-state index contributed by atoms with van der Waals surface area (Å²) < 4.78 is 5.13. The van der Waals surface area contributed by atoms with Gasteiger partial charge in [0.25, 0.3) is 0 Å². The molecule has 0 spiro atoms. The number of hydrogen-bond donors (Lipinski definition) is 2. The Hall–Kier alpha value is -1.13. The van der Waals surface area contributed by atoms with Crippen LogP contribution in [0.1, 0.15) is 38.2 Å². The van der Waals surface area contributed by atoms with E-state index in [2.05, 4.69) is 22.5 Å². The molecule has 0 amide bonds. The topological polar surface area (TPSA) is 46.2 Å². The molecule has 2 unspecified atom stereocenters. The van der Waals surface area contributed by atoms with Gasteiger partial charge in [-0.15, -0.1) is 0 Å². The second-order valence-corrected chi connectivity index (χ2v) is 5.37. The SMILES string of the molecule is COc1cc(CNC(C)CC2CCCCN2)ccn1. The molecular formula is C15H25N3O. The van der Waals surface area contributed by atoms with E-state index in [-0.39, 0.29) is 0 Å². The van der Waals surface area contributed by atoms with Gasteiger partial charge in [0.1, 0.15) is 0 Å². The fourth-order valence-electron chi connectivity index (χ4n) is 2.60. The Morgan fingerprint density at radius 2 is 2.42 bits per heavy atom. The first-order valence-electron chi connectivity index (χ1n) is 7.23. The van der Waals surface area contributed by atoms with E-state index in [1.54, 1.807) is 13.3 Å². The third-order valence-corrected chi connectivity index (χ3v) is 3.71. The third-order valence-electron chi connectivity index (χ3n) is 3.71. The number of nitrogens with zero attached hydrogens (tertiary/aromatic N) is 1. The molecule has 2 atom stereocenters. The van der Waals surface area contributed by atoms with Crippen molar-refractivity contribution in [2.75, 3.05) is 13.7 Å². The molecule has 1 fully saturated rings. The summed E-state index contributed by atoms with van der Waals surface area (Å²) in [5.41, 5.74) is 1.22. The van der Waals surface area contributed by atoms with Crippen molar-refractivity contribution in [3.8, 4) is 5.88 Å². The molecule has 4 nitrogen and oxygen atoms in total. The van der Waals surface area contributed by atoms with Crippen molar-refractivity contribution in [2.24, 2.45) is 0 Å². The number of hydrogen-bond acceptors (Lipinski definition) is 4. The minimum Gasteiger partial charge on any atom is -0.481 e. The van der Waals surface area contributed by atoms with Crippen LogP contribution in [0.4, 0.5) is 0 Å². The van der Waals surface area contributed by atoms with Gasteiger partial charge in [-0.1, -0.05) is 6.42 Å². The van der Waals surface area contributed by atoms with Gasteiger partial charge in [0.05, 0.1) is 7.11 Å². The van der Waals surface area contributed by atoms with Gasteiger partial charge in [-0.3, -0.25) is 0 Å². The summed E-state index contributed by atoms with van der Waals surface area (Å²) in [7, 11) is 1.65. The minimum absolute atomic E-state index is 0.523. The van der Waals surface area contributed by atoms with Crippen LogP contribution < -0.4 is 15.4 Å². The van der Waals surface area contributed by atoms with Gasteiger partial charge in [0.15, 0.2) is 0 Å². The van der Waals surface area contributed by atoms with Gasteiger partial charge in [0.2, 0.25) is 5.88 Å². The highest BCUT2D eigenvalue weighted by Crippen LogP contribution is 2.13. The van der Waals surface area contributed by atoms with Crippen LogP contribution in [0.15, 0.2) is 18.3 Å². The molecule has 1 aliphatic rings. The average molecular weight is 263 g/mol.